The molecule has 1 fully saturated rings. The van der Waals surface area contributed by atoms with Gasteiger partial charge >= 0.3 is 5.97 Å². The van der Waals surface area contributed by atoms with Crippen LogP contribution < -0.4 is 0 Å². The van der Waals surface area contributed by atoms with Crippen molar-refractivity contribution >= 4 is 25.2 Å². The summed E-state index contributed by atoms with van der Waals surface area (Å²) in [6, 6.07) is 8.62. The molecule has 0 spiro atoms. The molecule has 3 rings (SSSR count). The Morgan fingerprint density at radius 1 is 1.23 bits per heavy atom. The molecule has 1 aromatic heterocycles. The zero-order valence-corrected chi connectivity index (χ0v) is 17.9. The molecule has 26 heavy (non-hydrogen) atoms. The van der Waals surface area contributed by atoms with E-state index < -0.39 is 8.32 Å². The number of fused-ring (bicyclic) bond motifs is 1. The minimum absolute atomic E-state index is 0.195. The summed E-state index contributed by atoms with van der Waals surface area (Å²) in [4.78, 5) is 12.0. The van der Waals surface area contributed by atoms with E-state index in [1.54, 1.807) is 0 Å². The summed E-state index contributed by atoms with van der Waals surface area (Å²) in [7, 11) is -1.80. The van der Waals surface area contributed by atoms with Crippen molar-refractivity contribution in [3.05, 3.63) is 35.5 Å². The van der Waals surface area contributed by atoms with Crippen LogP contribution >= 0.6 is 0 Å². The van der Waals surface area contributed by atoms with E-state index in [9.17, 15) is 4.79 Å². The van der Waals surface area contributed by atoms with E-state index in [0.29, 0.717) is 24.8 Å². The average molecular weight is 374 g/mol. The molecule has 0 radical (unpaired) electrons. The first-order valence-corrected chi connectivity index (χ1v) is 12.5. The Hall–Kier alpha value is -1.59. The summed E-state index contributed by atoms with van der Waals surface area (Å²) < 4.78 is 14.0. The van der Waals surface area contributed by atoms with Crippen molar-refractivity contribution in [2.24, 2.45) is 0 Å². The fourth-order valence-corrected chi connectivity index (χ4v) is 3.92. The molecule has 2 aromatic rings. The van der Waals surface area contributed by atoms with Crippen molar-refractivity contribution in [2.75, 3.05) is 6.61 Å². The first kappa shape index (κ1) is 19.2. The number of benzene rings is 1. The molecule has 1 aliphatic rings. The molecule has 0 unspecified atom stereocenters. The minimum Gasteiger partial charge on any atom is -0.462 e. The van der Waals surface area contributed by atoms with Crippen molar-refractivity contribution in [1.29, 1.82) is 0 Å². The zero-order valence-electron chi connectivity index (χ0n) is 16.9. The van der Waals surface area contributed by atoms with Gasteiger partial charge in [-0.1, -0.05) is 20.8 Å². The molecule has 1 aromatic carbocycles. The van der Waals surface area contributed by atoms with Gasteiger partial charge in [-0.2, -0.15) is 0 Å². The Balaban J connectivity index is 1.92. The van der Waals surface area contributed by atoms with Crippen molar-refractivity contribution in [3.63, 3.8) is 0 Å². The molecule has 142 valence electrons. The summed E-state index contributed by atoms with van der Waals surface area (Å²) in [5.41, 5.74) is 3.02. The molecule has 0 atom stereocenters. The molecular weight excluding hydrogens is 342 g/mol. The van der Waals surface area contributed by atoms with E-state index in [4.69, 9.17) is 9.16 Å². The third-order valence-electron chi connectivity index (χ3n) is 5.73. The number of carbonyl (C=O) groups is 1. The molecule has 0 bridgehead atoms. The largest absolute Gasteiger partial charge is 0.462 e. The summed E-state index contributed by atoms with van der Waals surface area (Å²) >= 11 is 0. The Labute approximate surface area is 157 Å². The van der Waals surface area contributed by atoms with Gasteiger partial charge in [0.05, 0.1) is 18.8 Å². The molecule has 5 heteroatoms. The van der Waals surface area contributed by atoms with Crippen LogP contribution in [0, 0.1) is 0 Å². The summed E-state index contributed by atoms with van der Waals surface area (Å²) in [5.74, 6) is -0.257. The van der Waals surface area contributed by atoms with Crippen LogP contribution in [-0.2, 0) is 15.8 Å². The van der Waals surface area contributed by atoms with Crippen LogP contribution in [0.4, 0.5) is 0 Å². The molecule has 0 aliphatic heterocycles. The van der Waals surface area contributed by atoms with Gasteiger partial charge in [0.15, 0.2) is 8.32 Å². The highest BCUT2D eigenvalue weighted by atomic mass is 28.4. The molecular formula is C21H31NO3Si. The standard InChI is InChI=1S/C21H31NO3Si/c1-7-24-20(23)15-8-11-19-16(12-15)13-18(22(19)17-9-10-17)14-25-26(5,6)21(2,3)4/h8,11-13,17H,7,9-10,14H2,1-6H3. The van der Waals surface area contributed by atoms with Crippen LogP contribution in [0.3, 0.4) is 0 Å². The van der Waals surface area contributed by atoms with Crippen LogP contribution in [0.5, 0.6) is 0 Å². The van der Waals surface area contributed by atoms with Crippen LogP contribution in [0.25, 0.3) is 10.9 Å². The van der Waals surface area contributed by atoms with Crippen LogP contribution in [-0.4, -0.2) is 25.5 Å². The van der Waals surface area contributed by atoms with Gasteiger partial charge in [0.2, 0.25) is 0 Å². The smallest absolute Gasteiger partial charge is 0.338 e. The van der Waals surface area contributed by atoms with Gasteiger partial charge in [-0.25, -0.2) is 4.79 Å². The highest BCUT2D eigenvalue weighted by molar-refractivity contribution is 6.74. The van der Waals surface area contributed by atoms with Gasteiger partial charge in [-0.05, 0) is 62.2 Å². The first-order chi connectivity index (χ1) is 12.1. The quantitative estimate of drug-likeness (QED) is 0.483. The maximum Gasteiger partial charge on any atom is 0.338 e. The number of esters is 1. The molecule has 1 aliphatic carbocycles. The predicted octanol–water partition coefficient (Wildman–Crippen LogP) is 5.67. The SMILES string of the molecule is CCOC(=O)c1ccc2c(c1)cc(CO[Si](C)(C)C(C)(C)C)n2C1CC1. The third-order valence-corrected chi connectivity index (χ3v) is 10.2. The zero-order chi connectivity index (χ0) is 19.1. The van der Waals surface area contributed by atoms with E-state index in [1.165, 1.54) is 24.1 Å². The molecule has 1 saturated carbocycles. The minimum atomic E-state index is -1.80. The fraction of sp³-hybridized carbons (Fsp3) is 0.571. The highest BCUT2D eigenvalue weighted by Gasteiger charge is 2.37. The second kappa shape index (κ2) is 6.85. The second-order valence-electron chi connectivity index (χ2n) is 8.78. The van der Waals surface area contributed by atoms with Crippen LogP contribution in [0.2, 0.25) is 18.1 Å². The lowest BCUT2D eigenvalue weighted by atomic mass is 10.1. The van der Waals surface area contributed by atoms with Gasteiger partial charge in [0, 0.05) is 22.6 Å². The molecule has 4 nitrogen and oxygen atoms in total. The Morgan fingerprint density at radius 3 is 2.50 bits per heavy atom. The molecule has 0 N–H and O–H groups in total. The van der Waals surface area contributed by atoms with Crippen molar-refractivity contribution in [1.82, 2.24) is 4.57 Å². The summed E-state index contributed by atoms with van der Waals surface area (Å²) in [5, 5.41) is 1.29. The normalized spacial score (nSPS) is 15.5. The average Bonchev–Trinajstić information content (AvgIpc) is 3.32. The first-order valence-electron chi connectivity index (χ1n) is 9.59. The number of aromatic nitrogens is 1. The van der Waals surface area contributed by atoms with E-state index in [0.717, 1.165) is 5.39 Å². The summed E-state index contributed by atoms with van der Waals surface area (Å²) in [6.45, 7) is 14.2. The second-order valence-corrected chi connectivity index (χ2v) is 13.6. The lowest BCUT2D eigenvalue weighted by Gasteiger charge is -2.36. The molecule has 0 saturated heterocycles. The van der Waals surface area contributed by atoms with Crippen molar-refractivity contribution in [3.8, 4) is 0 Å². The summed E-state index contributed by atoms with van der Waals surface area (Å²) in [6.07, 6.45) is 2.44. The highest BCUT2D eigenvalue weighted by Crippen LogP contribution is 2.41. The number of rotatable bonds is 6. The lowest BCUT2D eigenvalue weighted by Crippen LogP contribution is -2.40. The molecule has 1 heterocycles. The van der Waals surface area contributed by atoms with E-state index in [1.807, 2.05) is 19.1 Å². The topological polar surface area (TPSA) is 40.5 Å². The van der Waals surface area contributed by atoms with Crippen molar-refractivity contribution < 1.29 is 14.0 Å². The predicted molar refractivity (Wildman–Crippen MR) is 108 cm³/mol. The Bertz CT molecular complexity index is 813. The number of ether oxygens (including phenoxy) is 1. The number of carbonyl (C=O) groups excluding carboxylic acids is 1. The number of nitrogens with zero attached hydrogens (tertiary/aromatic N) is 1. The van der Waals surface area contributed by atoms with Gasteiger partial charge < -0.3 is 13.7 Å². The van der Waals surface area contributed by atoms with E-state index in [2.05, 4.69) is 50.6 Å². The monoisotopic (exact) mass is 373 g/mol. The van der Waals surface area contributed by atoms with Crippen LogP contribution in [0.1, 0.15) is 62.6 Å². The van der Waals surface area contributed by atoms with Gasteiger partial charge in [0.25, 0.3) is 0 Å². The maximum absolute atomic E-state index is 12.0. The third kappa shape index (κ3) is 3.74. The number of hydrogen-bond donors (Lipinski definition) is 0. The Morgan fingerprint density at radius 2 is 1.92 bits per heavy atom. The Kier molecular flexibility index (Phi) is 5.06. The van der Waals surface area contributed by atoms with Gasteiger partial charge in [0.1, 0.15) is 0 Å². The van der Waals surface area contributed by atoms with Crippen LogP contribution in [0.15, 0.2) is 24.3 Å². The maximum atomic E-state index is 12.0. The van der Waals surface area contributed by atoms with Gasteiger partial charge in [-0.15, -0.1) is 0 Å². The lowest BCUT2D eigenvalue weighted by molar-refractivity contribution is 0.0526. The number of hydrogen-bond acceptors (Lipinski definition) is 3. The van der Waals surface area contributed by atoms with E-state index in [-0.39, 0.29) is 11.0 Å². The fourth-order valence-electron chi connectivity index (χ4n) is 2.98. The molecule has 0 amide bonds. The van der Waals surface area contributed by atoms with Crippen molar-refractivity contribution in [2.45, 2.75) is 71.3 Å². The van der Waals surface area contributed by atoms with E-state index >= 15 is 0 Å². The van der Waals surface area contributed by atoms with Gasteiger partial charge in [-0.3, -0.25) is 0 Å².